The molecule has 4 rings (SSSR count). The van der Waals surface area contributed by atoms with Gasteiger partial charge in [-0.05, 0) is 48.9 Å². The van der Waals surface area contributed by atoms with Crippen LogP contribution in [0.4, 0.5) is 5.69 Å². The number of rotatable bonds is 3. The maximum absolute atomic E-state index is 12.5. The van der Waals surface area contributed by atoms with Gasteiger partial charge in [0.05, 0.1) is 11.0 Å². The zero-order chi connectivity index (χ0) is 18.1. The monoisotopic (exact) mass is 361 g/mol. The van der Waals surface area contributed by atoms with Crippen molar-refractivity contribution < 1.29 is 4.79 Å². The zero-order valence-corrected chi connectivity index (χ0v) is 14.8. The summed E-state index contributed by atoms with van der Waals surface area (Å²) in [4.78, 5) is 20.4. The summed E-state index contributed by atoms with van der Waals surface area (Å²) in [6, 6.07) is 20.7. The summed E-state index contributed by atoms with van der Waals surface area (Å²) >= 11 is 6.10. The minimum atomic E-state index is -0.175. The number of benzene rings is 3. The van der Waals surface area contributed by atoms with Crippen molar-refractivity contribution in [2.45, 2.75) is 6.92 Å². The molecule has 0 bridgehead atoms. The molecule has 0 saturated heterocycles. The van der Waals surface area contributed by atoms with Gasteiger partial charge in [0, 0.05) is 21.8 Å². The topological polar surface area (TPSA) is 57.8 Å². The van der Waals surface area contributed by atoms with Gasteiger partial charge in [0.1, 0.15) is 5.82 Å². The molecule has 1 amide bonds. The van der Waals surface area contributed by atoms with Crippen molar-refractivity contribution in [1.82, 2.24) is 9.97 Å². The lowest BCUT2D eigenvalue weighted by Crippen LogP contribution is -2.12. The van der Waals surface area contributed by atoms with Crippen LogP contribution in [-0.2, 0) is 0 Å². The van der Waals surface area contributed by atoms with Crippen molar-refractivity contribution in [2.24, 2.45) is 0 Å². The number of fused-ring (bicyclic) bond motifs is 1. The highest BCUT2D eigenvalue weighted by molar-refractivity contribution is 6.31. The van der Waals surface area contributed by atoms with Crippen LogP contribution in [0.3, 0.4) is 0 Å². The fraction of sp³-hybridized carbons (Fsp3) is 0.0476. The van der Waals surface area contributed by atoms with Crippen molar-refractivity contribution in [3.8, 4) is 11.4 Å². The van der Waals surface area contributed by atoms with Gasteiger partial charge in [0.15, 0.2) is 0 Å². The highest BCUT2D eigenvalue weighted by atomic mass is 35.5. The van der Waals surface area contributed by atoms with Gasteiger partial charge < -0.3 is 10.3 Å². The second-order valence-electron chi connectivity index (χ2n) is 6.05. The van der Waals surface area contributed by atoms with Gasteiger partial charge in [-0.1, -0.05) is 41.9 Å². The first-order valence-electron chi connectivity index (χ1n) is 8.23. The van der Waals surface area contributed by atoms with Crippen LogP contribution in [0.15, 0.2) is 66.7 Å². The van der Waals surface area contributed by atoms with Crippen LogP contribution in [0.25, 0.3) is 22.4 Å². The van der Waals surface area contributed by atoms with Crippen molar-refractivity contribution in [1.29, 1.82) is 0 Å². The molecule has 4 nitrogen and oxygen atoms in total. The Hall–Kier alpha value is -3.11. The normalized spacial score (nSPS) is 10.8. The fourth-order valence-corrected chi connectivity index (χ4v) is 2.98. The predicted octanol–water partition coefficient (Wildman–Crippen LogP) is 5.44. The number of halogens is 1. The molecule has 26 heavy (non-hydrogen) atoms. The molecular formula is C21H16ClN3O. The van der Waals surface area contributed by atoms with E-state index in [0.717, 1.165) is 28.0 Å². The largest absolute Gasteiger partial charge is 0.338 e. The van der Waals surface area contributed by atoms with E-state index < -0.39 is 0 Å². The van der Waals surface area contributed by atoms with Gasteiger partial charge in [-0.25, -0.2) is 4.98 Å². The van der Waals surface area contributed by atoms with Crippen molar-refractivity contribution in [2.75, 3.05) is 5.32 Å². The third-order valence-electron chi connectivity index (χ3n) is 4.33. The first-order chi connectivity index (χ1) is 12.6. The maximum atomic E-state index is 12.5. The zero-order valence-electron chi connectivity index (χ0n) is 14.1. The lowest BCUT2D eigenvalue weighted by Gasteiger charge is -2.09. The summed E-state index contributed by atoms with van der Waals surface area (Å²) in [5.41, 5.74) is 4.97. The number of aromatic amines is 1. The molecule has 2 N–H and O–H groups in total. The maximum Gasteiger partial charge on any atom is 0.255 e. The molecule has 0 spiro atoms. The van der Waals surface area contributed by atoms with Crippen LogP contribution in [0.1, 0.15) is 15.9 Å². The predicted molar refractivity (Wildman–Crippen MR) is 106 cm³/mol. The molecule has 0 aliphatic carbocycles. The van der Waals surface area contributed by atoms with E-state index in [0.29, 0.717) is 16.3 Å². The Morgan fingerprint density at radius 3 is 2.54 bits per heavy atom. The number of imidazole rings is 1. The number of hydrogen-bond acceptors (Lipinski definition) is 2. The van der Waals surface area contributed by atoms with E-state index in [9.17, 15) is 4.79 Å². The molecule has 0 unspecified atom stereocenters. The van der Waals surface area contributed by atoms with Crippen molar-refractivity contribution >= 4 is 34.2 Å². The molecule has 0 aliphatic heterocycles. The summed E-state index contributed by atoms with van der Waals surface area (Å²) in [7, 11) is 0. The molecule has 1 aromatic heterocycles. The first kappa shape index (κ1) is 16.4. The molecule has 0 atom stereocenters. The number of H-pyrrole nitrogens is 1. The Balaban J connectivity index is 1.57. The van der Waals surface area contributed by atoms with Gasteiger partial charge in [-0.2, -0.15) is 0 Å². The third kappa shape index (κ3) is 3.07. The second kappa shape index (κ2) is 6.65. The molecular weight excluding hydrogens is 346 g/mol. The minimum Gasteiger partial charge on any atom is -0.338 e. The van der Waals surface area contributed by atoms with E-state index in [4.69, 9.17) is 11.6 Å². The highest BCUT2D eigenvalue weighted by Gasteiger charge is 2.10. The van der Waals surface area contributed by atoms with Crippen LogP contribution in [0.5, 0.6) is 0 Å². The Morgan fingerprint density at radius 1 is 1.00 bits per heavy atom. The third-order valence-corrected chi connectivity index (χ3v) is 4.74. The van der Waals surface area contributed by atoms with Crippen LogP contribution >= 0.6 is 11.6 Å². The average molecular weight is 362 g/mol. The highest BCUT2D eigenvalue weighted by Crippen LogP contribution is 2.24. The fourth-order valence-electron chi connectivity index (χ4n) is 2.81. The second-order valence-corrected chi connectivity index (χ2v) is 6.45. The lowest BCUT2D eigenvalue weighted by atomic mass is 10.1. The van der Waals surface area contributed by atoms with Crippen LogP contribution in [0, 0.1) is 6.92 Å². The summed E-state index contributed by atoms with van der Waals surface area (Å²) in [5.74, 6) is 0.607. The number of hydrogen-bond donors (Lipinski definition) is 2. The van der Waals surface area contributed by atoms with Crippen molar-refractivity contribution in [3.63, 3.8) is 0 Å². The van der Waals surface area contributed by atoms with Gasteiger partial charge in [-0.15, -0.1) is 0 Å². The quantitative estimate of drug-likeness (QED) is 0.510. The standard InChI is InChI=1S/C21H16ClN3O/c1-13-16(22)5-4-8-17(13)25-21(26)15-11-9-14(10-12-15)20-23-18-6-2-3-7-19(18)24-20/h2-12H,1H3,(H,23,24)(H,25,26). The van der Waals surface area contributed by atoms with Crippen molar-refractivity contribution in [3.05, 3.63) is 82.9 Å². The molecule has 0 fully saturated rings. The summed E-state index contributed by atoms with van der Waals surface area (Å²) in [5, 5.41) is 3.53. The average Bonchev–Trinajstić information content (AvgIpc) is 3.10. The molecule has 0 saturated carbocycles. The number of anilines is 1. The smallest absolute Gasteiger partial charge is 0.255 e. The lowest BCUT2D eigenvalue weighted by molar-refractivity contribution is 0.102. The molecule has 3 aromatic carbocycles. The van der Waals surface area contributed by atoms with Gasteiger partial charge in [0.2, 0.25) is 0 Å². The Labute approximate surface area is 155 Å². The summed E-state index contributed by atoms with van der Waals surface area (Å²) < 4.78 is 0. The number of amides is 1. The Kier molecular flexibility index (Phi) is 4.19. The van der Waals surface area contributed by atoms with E-state index in [1.807, 2.05) is 55.5 Å². The molecule has 4 aromatic rings. The van der Waals surface area contributed by atoms with E-state index in [1.54, 1.807) is 18.2 Å². The molecule has 0 radical (unpaired) electrons. The first-order valence-corrected chi connectivity index (χ1v) is 8.61. The number of nitrogens with one attached hydrogen (secondary N) is 2. The summed E-state index contributed by atoms with van der Waals surface area (Å²) in [6.07, 6.45) is 0. The molecule has 5 heteroatoms. The number of carbonyl (C=O) groups excluding carboxylic acids is 1. The van der Waals surface area contributed by atoms with Gasteiger partial charge in [0.25, 0.3) is 5.91 Å². The van der Waals surface area contributed by atoms with E-state index >= 15 is 0 Å². The molecule has 1 heterocycles. The Morgan fingerprint density at radius 2 is 1.77 bits per heavy atom. The van der Waals surface area contributed by atoms with E-state index in [-0.39, 0.29) is 5.91 Å². The summed E-state index contributed by atoms with van der Waals surface area (Å²) in [6.45, 7) is 1.88. The number of nitrogens with zero attached hydrogens (tertiary/aromatic N) is 1. The number of aromatic nitrogens is 2. The van der Waals surface area contributed by atoms with Crippen LogP contribution < -0.4 is 5.32 Å². The SMILES string of the molecule is Cc1c(Cl)cccc1NC(=O)c1ccc(-c2nc3ccccc3[nH]2)cc1. The van der Waals surface area contributed by atoms with Gasteiger partial charge >= 0.3 is 0 Å². The Bertz CT molecular complexity index is 1070. The van der Waals surface area contributed by atoms with Crippen LogP contribution in [0.2, 0.25) is 5.02 Å². The molecule has 128 valence electrons. The van der Waals surface area contributed by atoms with E-state index in [2.05, 4.69) is 15.3 Å². The van der Waals surface area contributed by atoms with Crippen LogP contribution in [-0.4, -0.2) is 15.9 Å². The van der Waals surface area contributed by atoms with E-state index in [1.165, 1.54) is 0 Å². The number of para-hydroxylation sites is 2. The molecule has 0 aliphatic rings. The van der Waals surface area contributed by atoms with Gasteiger partial charge in [-0.3, -0.25) is 4.79 Å². The minimum absolute atomic E-state index is 0.175. The number of carbonyl (C=O) groups is 1.